The van der Waals surface area contributed by atoms with E-state index in [1.165, 1.54) is 0 Å². The van der Waals surface area contributed by atoms with E-state index in [2.05, 4.69) is 4.98 Å². The van der Waals surface area contributed by atoms with Crippen molar-refractivity contribution in [2.75, 3.05) is 0 Å². The fourth-order valence-corrected chi connectivity index (χ4v) is 3.08. The molecular formula is C14H15ClN2OS. The summed E-state index contributed by atoms with van der Waals surface area (Å²) in [6.45, 7) is 0.400. The number of halogens is 1. The molecule has 1 aromatic carbocycles. The van der Waals surface area contributed by atoms with E-state index >= 15 is 0 Å². The molecule has 0 saturated carbocycles. The number of pyridine rings is 1. The van der Waals surface area contributed by atoms with Gasteiger partial charge in [0.1, 0.15) is 0 Å². The van der Waals surface area contributed by atoms with Gasteiger partial charge in [0.15, 0.2) is 0 Å². The average Bonchev–Trinajstić information content (AvgIpc) is 2.41. The van der Waals surface area contributed by atoms with Crippen molar-refractivity contribution in [2.24, 2.45) is 5.73 Å². The number of hydrogen-bond acceptors (Lipinski definition) is 3. The Hall–Kier alpha value is -1.23. The smallest absolute Gasteiger partial charge is 0.0542 e. The molecule has 1 aromatic heterocycles. The predicted octanol–water partition coefficient (Wildman–Crippen LogP) is 2.64. The third-order valence-electron chi connectivity index (χ3n) is 2.66. The van der Waals surface area contributed by atoms with E-state index in [1.54, 1.807) is 6.20 Å². The molecule has 0 aliphatic heterocycles. The Bertz CT molecular complexity index is 572. The van der Waals surface area contributed by atoms with Crippen molar-refractivity contribution in [3.63, 3.8) is 0 Å². The monoisotopic (exact) mass is 294 g/mol. The molecule has 0 spiro atoms. The average molecular weight is 295 g/mol. The highest BCUT2D eigenvalue weighted by molar-refractivity contribution is 7.83. The zero-order chi connectivity index (χ0) is 13.7. The summed E-state index contributed by atoms with van der Waals surface area (Å²) in [5.74, 6) is 1.04. The zero-order valence-corrected chi connectivity index (χ0v) is 12.0. The lowest BCUT2D eigenvalue weighted by Crippen LogP contribution is -2.03. The maximum absolute atomic E-state index is 12.1. The van der Waals surface area contributed by atoms with Crippen molar-refractivity contribution in [2.45, 2.75) is 18.1 Å². The molecule has 1 heterocycles. The molecule has 0 bridgehead atoms. The second-order valence-electron chi connectivity index (χ2n) is 4.21. The SMILES string of the molecule is NCc1cc(CS(=O)Cc2ccc(Cl)cc2)ccn1. The molecule has 100 valence electrons. The van der Waals surface area contributed by atoms with E-state index in [0.717, 1.165) is 16.8 Å². The van der Waals surface area contributed by atoms with Crippen molar-refractivity contribution in [1.82, 2.24) is 4.98 Å². The van der Waals surface area contributed by atoms with E-state index in [1.807, 2.05) is 36.4 Å². The predicted molar refractivity (Wildman–Crippen MR) is 79.1 cm³/mol. The van der Waals surface area contributed by atoms with Gasteiger partial charge in [0.25, 0.3) is 0 Å². The maximum Gasteiger partial charge on any atom is 0.0542 e. The lowest BCUT2D eigenvalue weighted by Gasteiger charge is -2.04. The highest BCUT2D eigenvalue weighted by atomic mass is 35.5. The van der Waals surface area contributed by atoms with Crippen LogP contribution >= 0.6 is 11.6 Å². The van der Waals surface area contributed by atoms with Crippen LogP contribution in [0.25, 0.3) is 0 Å². The van der Waals surface area contributed by atoms with Crippen molar-refractivity contribution in [3.05, 3.63) is 64.4 Å². The Morgan fingerprint density at radius 3 is 2.47 bits per heavy atom. The lowest BCUT2D eigenvalue weighted by atomic mass is 10.2. The van der Waals surface area contributed by atoms with Crippen molar-refractivity contribution in [3.8, 4) is 0 Å². The van der Waals surface area contributed by atoms with Crippen LogP contribution in [0, 0.1) is 0 Å². The Labute approximate surface area is 120 Å². The summed E-state index contributed by atoms with van der Waals surface area (Å²) in [5.41, 5.74) is 8.38. The minimum absolute atomic E-state index is 0.400. The first-order valence-corrected chi connectivity index (χ1v) is 7.77. The van der Waals surface area contributed by atoms with Gasteiger partial charge in [-0.1, -0.05) is 23.7 Å². The number of benzene rings is 1. The molecule has 2 N–H and O–H groups in total. The van der Waals surface area contributed by atoms with E-state index in [0.29, 0.717) is 23.1 Å². The van der Waals surface area contributed by atoms with Crippen LogP contribution in [0.1, 0.15) is 16.8 Å². The molecule has 0 aliphatic rings. The number of rotatable bonds is 5. The van der Waals surface area contributed by atoms with Gasteiger partial charge in [-0.05, 0) is 35.4 Å². The summed E-state index contributed by atoms with van der Waals surface area (Å²) in [4.78, 5) is 4.12. The Kier molecular flexibility index (Phi) is 5.07. The van der Waals surface area contributed by atoms with Crippen LogP contribution in [0.15, 0.2) is 42.6 Å². The van der Waals surface area contributed by atoms with Crippen molar-refractivity contribution < 1.29 is 4.21 Å². The Morgan fingerprint density at radius 1 is 1.11 bits per heavy atom. The van der Waals surface area contributed by atoms with Gasteiger partial charge in [-0.3, -0.25) is 9.19 Å². The van der Waals surface area contributed by atoms with E-state index in [4.69, 9.17) is 17.3 Å². The van der Waals surface area contributed by atoms with Crippen LogP contribution in [0.5, 0.6) is 0 Å². The first kappa shape index (κ1) is 14.2. The van der Waals surface area contributed by atoms with E-state index in [9.17, 15) is 4.21 Å². The van der Waals surface area contributed by atoms with E-state index in [-0.39, 0.29) is 0 Å². The second-order valence-corrected chi connectivity index (χ2v) is 6.11. The number of nitrogens with zero attached hydrogens (tertiary/aromatic N) is 1. The van der Waals surface area contributed by atoms with Crippen LogP contribution in [-0.4, -0.2) is 9.19 Å². The number of nitrogens with two attached hydrogens (primary N) is 1. The Morgan fingerprint density at radius 2 is 1.79 bits per heavy atom. The van der Waals surface area contributed by atoms with Gasteiger partial charge < -0.3 is 5.73 Å². The molecule has 5 heteroatoms. The first-order chi connectivity index (χ1) is 9.17. The highest BCUT2D eigenvalue weighted by Crippen LogP contribution is 2.13. The fraction of sp³-hybridized carbons (Fsp3) is 0.214. The largest absolute Gasteiger partial charge is 0.325 e. The topological polar surface area (TPSA) is 56.0 Å². The molecule has 0 fully saturated rings. The summed E-state index contributed by atoms with van der Waals surface area (Å²) in [5, 5.41) is 0.691. The number of aromatic nitrogens is 1. The standard InChI is InChI=1S/C14H15ClN2OS/c15-13-3-1-11(2-4-13)9-19(18)10-12-5-6-17-14(7-12)8-16/h1-7H,8-10,16H2. The summed E-state index contributed by atoms with van der Waals surface area (Å²) in [7, 11) is -0.951. The molecule has 2 rings (SSSR count). The third-order valence-corrected chi connectivity index (χ3v) is 4.22. The molecule has 0 amide bonds. The Balaban J connectivity index is 1.99. The first-order valence-electron chi connectivity index (χ1n) is 5.90. The normalized spacial score (nSPS) is 12.3. The number of hydrogen-bond donors (Lipinski definition) is 1. The minimum Gasteiger partial charge on any atom is -0.325 e. The van der Waals surface area contributed by atoms with Gasteiger partial charge in [0.2, 0.25) is 0 Å². The quantitative estimate of drug-likeness (QED) is 0.922. The van der Waals surface area contributed by atoms with Gasteiger partial charge in [-0.2, -0.15) is 0 Å². The van der Waals surface area contributed by atoms with Gasteiger partial charge in [0, 0.05) is 40.1 Å². The molecule has 0 aliphatic carbocycles. The fourth-order valence-electron chi connectivity index (χ4n) is 1.73. The molecule has 2 aromatic rings. The zero-order valence-electron chi connectivity index (χ0n) is 10.4. The van der Waals surface area contributed by atoms with Gasteiger partial charge >= 0.3 is 0 Å². The summed E-state index contributed by atoms with van der Waals surface area (Å²) in [6, 6.07) is 11.2. The summed E-state index contributed by atoms with van der Waals surface area (Å²) in [6.07, 6.45) is 1.71. The minimum atomic E-state index is -0.951. The molecule has 3 nitrogen and oxygen atoms in total. The molecule has 19 heavy (non-hydrogen) atoms. The molecule has 0 radical (unpaired) electrons. The lowest BCUT2D eigenvalue weighted by molar-refractivity contribution is 0.682. The molecule has 0 saturated heterocycles. The van der Waals surface area contributed by atoms with Gasteiger partial charge in [-0.15, -0.1) is 0 Å². The molecule has 1 atom stereocenters. The highest BCUT2D eigenvalue weighted by Gasteiger charge is 2.04. The summed E-state index contributed by atoms with van der Waals surface area (Å²) >= 11 is 5.82. The van der Waals surface area contributed by atoms with Crippen LogP contribution in [-0.2, 0) is 28.9 Å². The van der Waals surface area contributed by atoms with Crippen molar-refractivity contribution in [1.29, 1.82) is 0 Å². The van der Waals surface area contributed by atoms with Gasteiger partial charge in [0.05, 0.1) is 5.69 Å². The molecular weight excluding hydrogens is 280 g/mol. The van der Waals surface area contributed by atoms with Crippen LogP contribution < -0.4 is 5.73 Å². The second kappa shape index (κ2) is 6.80. The van der Waals surface area contributed by atoms with E-state index < -0.39 is 10.8 Å². The maximum atomic E-state index is 12.1. The van der Waals surface area contributed by atoms with Crippen LogP contribution in [0.4, 0.5) is 0 Å². The van der Waals surface area contributed by atoms with Crippen LogP contribution in [0.3, 0.4) is 0 Å². The molecule has 1 unspecified atom stereocenters. The van der Waals surface area contributed by atoms with Crippen molar-refractivity contribution >= 4 is 22.4 Å². The summed E-state index contributed by atoms with van der Waals surface area (Å²) < 4.78 is 12.1. The van der Waals surface area contributed by atoms with Crippen LogP contribution in [0.2, 0.25) is 5.02 Å². The van der Waals surface area contributed by atoms with Gasteiger partial charge in [-0.25, -0.2) is 0 Å². The third kappa shape index (κ3) is 4.42.